The number of carbonyl (C=O) groups excluding carboxylic acids is 1. The number of rotatable bonds is 6. The van der Waals surface area contributed by atoms with E-state index in [0.29, 0.717) is 18.3 Å². The van der Waals surface area contributed by atoms with Crippen LogP contribution in [0.4, 0.5) is 5.82 Å². The minimum atomic E-state index is -0.0901. The predicted molar refractivity (Wildman–Crippen MR) is 81.0 cm³/mol. The van der Waals surface area contributed by atoms with Gasteiger partial charge < -0.3 is 10.6 Å². The van der Waals surface area contributed by atoms with Gasteiger partial charge in [-0.1, -0.05) is 13.0 Å². The van der Waals surface area contributed by atoms with Gasteiger partial charge in [-0.25, -0.2) is 4.98 Å². The number of hydrogen-bond donors (Lipinski definition) is 2. The normalized spacial score (nSPS) is 19.0. The van der Waals surface area contributed by atoms with Crippen molar-refractivity contribution in [3.8, 4) is 0 Å². The van der Waals surface area contributed by atoms with Crippen molar-refractivity contribution < 1.29 is 4.79 Å². The minimum Gasteiger partial charge on any atom is -0.370 e. The summed E-state index contributed by atoms with van der Waals surface area (Å²) in [5.41, 5.74) is 0.476. The van der Waals surface area contributed by atoms with E-state index in [4.69, 9.17) is 0 Å². The lowest BCUT2D eigenvalue weighted by Gasteiger charge is -2.22. The van der Waals surface area contributed by atoms with Crippen molar-refractivity contribution in [3.05, 3.63) is 23.9 Å². The lowest BCUT2D eigenvalue weighted by molar-refractivity contribution is 0.0936. The van der Waals surface area contributed by atoms with E-state index in [2.05, 4.69) is 27.4 Å². The third-order valence-corrected chi connectivity index (χ3v) is 3.74. The average Bonchev–Trinajstić information content (AvgIpc) is 2.93. The number of anilines is 1. The van der Waals surface area contributed by atoms with Gasteiger partial charge in [0, 0.05) is 19.1 Å². The van der Waals surface area contributed by atoms with Crippen LogP contribution in [0.25, 0.3) is 0 Å². The molecule has 0 aromatic carbocycles. The Labute approximate surface area is 120 Å². The summed E-state index contributed by atoms with van der Waals surface area (Å²) in [5.74, 6) is 0.656. The number of hydrogen-bond acceptors (Lipinski definition) is 4. The van der Waals surface area contributed by atoms with Crippen LogP contribution in [0, 0.1) is 0 Å². The lowest BCUT2D eigenvalue weighted by Crippen LogP contribution is -2.40. The van der Waals surface area contributed by atoms with Gasteiger partial charge >= 0.3 is 0 Å². The molecule has 1 aliphatic heterocycles. The first-order valence-electron chi connectivity index (χ1n) is 7.47. The molecule has 110 valence electrons. The van der Waals surface area contributed by atoms with Gasteiger partial charge in [-0.15, -0.1) is 0 Å². The summed E-state index contributed by atoms with van der Waals surface area (Å²) in [4.78, 5) is 18.9. The monoisotopic (exact) mass is 276 g/mol. The SMILES string of the molecule is CCNc1cccc(C(=O)NCC2CCCN2CC)n1. The van der Waals surface area contributed by atoms with Gasteiger partial charge in [-0.2, -0.15) is 0 Å². The van der Waals surface area contributed by atoms with Gasteiger partial charge in [-0.05, 0) is 45.0 Å². The maximum atomic E-state index is 12.1. The van der Waals surface area contributed by atoms with Gasteiger partial charge in [0.05, 0.1) is 0 Å². The quantitative estimate of drug-likeness (QED) is 0.831. The molecule has 0 radical (unpaired) electrons. The van der Waals surface area contributed by atoms with Crippen LogP contribution in [0.3, 0.4) is 0 Å². The van der Waals surface area contributed by atoms with Crippen molar-refractivity contribution in [2.45, 2.75) is 32.7 Å². The molecule has 0 bridgehead atoms. The minimum absolute atomic E-state index is 0.0901. The summed E-state index contributed by atoms with van der Waals surface area (Å²) in [6.45, 7) is 7.88. The van der Waals surface area contributed by atoms with Gasteiger partial charge in [0.1, 0.15) is 11.5 Å². The molecule has 1 fully saturated rings. The van der Waals surface area contributed by atoms with E-state index in [9.17, 15) is 4.79 Å². The fourth-order valence-corrected chi connectivity index (χ4v) is 2.68. The summed E-state index contributed by atoms with van der Waals surface area (Å²) in [7, 11) is 0. The summed E-state index contributed by atoms with van der Waals surface area (Å²) in [5, 5.41) is 6.12. The molecule has 5 heteroatoms. The maximum absolute atomic E-state index is 12.1. The number of nitrogens with zero attached hydrogens (tertiary/aromatic N) is 2. The Morgan fingerprint density at radius 2 is 2.30 bits per heavy atom. The number of likely N-dealkylation sites (tertiary alicyclic amines) is 1. The molecule has 1 saturated heterocycles. The van der Waals surface area contributed by atoms with Crippen molar-refractivity contribution in [3.63, 3.8) is 0 Å². The average molecular weight is 276 g/mol. The number of amides is 1. The molecule has 2 rings (SSSR count). The fourth-order valence-electron chi connectivity index (χ4n) is 2.68. The highest BCUT2D eigenvalue weighted by atomic mass is 16.1. The smallest absolute Gasteiger partial charge is 0.270 e. The predicted octanol–water partition coefficient (Wildman–Crippen LogP) is 1.73. The van der Waals surface area contributed by atoms with Crippen LogP contribution in [-0.2, 0) is 0 Å². The number of nitrogens with one attached hydrogen (secondary N) is 2. The van der Waals surface area contributed by atoms with E-state index in [1.807, 2.05) is 19.1 Å². The molecule has 1 amide bonds. The van der Waals surface area contributed by atoms with Crippen LogP contribution in [0.5, 0.6) is 0 Å². The molecule has 20 heavy (non-hydrogen) atoms. The Hall–Kier alpha value is -1.62. The molecule has 1 aromatic heterocycles. The van der Waals surface area contributed by atoms with Gasteiger partial charge in [0.25, 0.3) is 5.91 Å². The van der Waals surface area contributed by atoms with E-state index in [-0.39, 0.29) is 5.91 Å². The van der Waals surface area contributed by atoms with E-state index in [0.717, 1.165) is 25.5 Å². The third-order valence-electron chi connectivity index (χ3n) is 3.74. The summed E-state index contributed by atoms with van der Waals surface area (Å²) in [6, 6.07) is 5.95. The number of pyridine rings is 1. The van der Waals surface area contributed by atoms with Crippen LogP contribution in [0.1, 0.15) is 37.2 Å². The molecule has 1 aromatic rings. The van der Waals surface area contributed by atoms with Crippen molar-refractivity contribution in [2.75, 3.05) is 31.5 Å². The van der Waals surface area contributed by atoms with Crippen molar-refractivity contribution >= 4 is 11.7 Å². The second kappa shape index (κ2) is 7.24. The Kier molecular flexibility index (Phi) is 5.35. The van der Waals surface area contributed by atoms with Crippen LogP contribution in [0.2, 0.25) is 0 Å². The molecule has 0 aliphatic carbocycles. The number of carbonyl (C=O) groups is 1. The van der Waals surface area contributed by atoms with Crippen LogP contribution < -0.4 is 10.6 Å². The van der Waals surface area contributed by atoms with Crippen molar-refractivity contribution in [2.24, 2.45) is 0 Å². The van der Waals surface area contributed by atoms with Crippen LogP contribution >= 0.6 is 0 Å². The number of likely N-dealkylation sites (N-methyl/N-ethyl adjacent to an activating group) is 1. The van der Waals surface area contributed by atoms with Gasteiger partial charge in [0.2, 0.25) is 0 Å². The highest BCUT2D eigenvalue weighted by Gasteiger charge is 2.23. The molecule has 0 saturated carbocycles. The third kappa shape index (κ3) is 3.70. The van der Waals surface area contributed by atoms with Gasteiger partial charge in [0.15, 0.2) is 0 Å². The van der Waals surface area contributed by atoms with Crippen molar-refractivity contribution in [1.82, 2.24) is 15.2 Å². The molecule has 2 N–H and O–H groups in total. The lowest BCUT2D eigenvalue weighted by atomic mass is 10.2. The fraction of sp³-hybridized carbons (Fsp3) is 0.600. The first-order chi connectivity index (χ1) is 9.74. The molecule has 0 spiro atoms. The molecular formula is C15H24N4O. The zero-order valence-electron chi connectivity index (χ0n) is 12.4. The standard InChI is InChI=1S/C15H24N4O/c1-3-16-14-9-5-8-13(18-14)15(20)17-11-12-7-6-10-19(12)4-2/h5,8-9,12H,3-4,6-7,10-11H2,1-2H3,(H,16,18)(H,17,20). The van der Waals surface area contributed by atoms with E-state index in [1.165, 1.54) is 12.8 Å². The topological polar surface area (TPSA) is 57.3 Å². The maximum Gasteiger partial charge on any atom is 0.270 e. The zero-order valence-corrected chi connectivity index (χ0v) is 12.4. The van der Waals surface area contributed by atoms with Crippen molar-refractivity contribution in [1.29, 1.82) is 0 Å². The zero-order chi connectivity index (χ0) is 14.4. The van der Waals surface area contributed by atoms with Crippen LogP contribution in [0.15, 0.2) is 18.2 Å². The second-order valence-electron chi connectivity index (χ2n) is 5.07. The Bertz CT molecular complexity index is 449. The molecule has 1 atom stereocenters. The summed E-state index contributed by atoms with van der Waals surface area (Å²) < 4.78 is 0. The highest BCUT2D eigenvalue weighted by Crippen LogP contribution is 2.15. The molecule has 1 aliphatic rings. The molecule has 5 nitrogen and oxygen atoms in total. The van der Waals surface area contributed by atoms with E-state index in [1.54, 1.807) is 6.07 Å². The first kappa shape index (κ1) is 14.8. The Morgan fingerprint density at radius 1 is 1.45 bits per heavy atom. The highest BCUT2D eigenvalue weighted by molar-refractivity contribution is 5.92. The largest absolute Gasteiger partial charge is 0.370 e. The molecule has 2 heterocycles. The molecule has 1 unspecified atom stereocenters. The first-order valence-corrected chi connectivity index (χ1v) is 7.47. The Balaban J connectivity index is 1.89. The summed E-state index contributed by atoms with van der Waals surface area (Å²) in [6.07, 6.45) is 2.39. The second-order valence-corrected chi connectivity index (χ2v) is 5.07. The van der Waals surface area contributed by atoms with Crippen LogP contribution in [-0.4, -0.2) is 48.0 Å². The van der Waals surface area contributed by atoms with E-state index < -0.39 is 0 Å². The molecular weight excluding hydrogens is 252 g/mol. The van der Waals surface area contributed by atoms with E-state index >= 15 is 0 Å². The summed E-state index contributed by atoms with van der Waals surface area (Å²) >= 11 is 0. The Morgan fingerprint density at radius 3 is 3.05 bits per heavy atom. The van der Waals surface area contributed by atoms with Gasteiger partial charge in [-0.3, -0.25) is 9.69 Å². The number of aromatic nitrogens is 1.